The Kier molecular flexibility index (Phi) is 4.40. The van der Waals surface area contributed by atoms with Crippen LogP contribution in [0.2, 0.25) is 0 Å². The van der Waals surface area contributed by atoms with Crippen LogP contribution in [0, 0.1) is 5.82 Å². The highest BCUT2D eigenvalue weighted by Gasteiger charge is 2.09. The summed E-state index contributed by atoms with van der Waals surface area (Å²) in [5.41, 5.74) is 6.86. The normalized spacial score (nSPS) is 12.2. The van der Waals surface area contributed by atoms with Crippen LogP contribution >= 0.6 is 0 Å². The molecule has 4 heteroatoms. The van der Waals surface area contributed by atoms with Gasteiger partial charge in [-0.05, 0) is 13.3 Å². The second-order valence-electron chi connectivity index (χ2n) is 3.91. The van der Waals surface area contributed by atoms with Gasteiger partial charge in [0.05, 0.1) is 18.5 Å². The molecule has 1 aromatic carbocycles. The van der Waals surface area contributed by atoms with Crippen molar-refractivity contribution in [2.24, 2.45) is 0 Å². The van der Waals surface area contributed by atoms with Gasteiger partial charge in [0.1, 0.15) is 0 Å². The molecule has 0 aromatic heterocycles. The van der Waals surface area contributed by atoms with Crippen molar-refractivity contribution in [2.45, 2.75) is 32.7 Å². The lowest BCUT2D eigenvalue weighted by Gasteiger charge is -2.17. The van der Waals surface area contributed by atoms with E-state index in [4.69, 9.17) is 10.5 Å². The average Bonchev–Trinajstić information content (AvgIpc) is 2.22. The van der Waals surface area contributed by atoms with E-state index in [-0.39, 0.29) is 5.75 Å². The number of benzene rings is 1. The van der Waals surface area contributed by atoms with E-state index in [0.29, 0.717) is 11.7 Å². The predicted molar refractivity (Wildman–Crippen MR) is 65.4 cm³/mol. The Balaban J connectivity index is 2.87. The number of nitrogens with two attached hydrogens (primary N) is 1. The van der Waals surface area contributed by atoms with Gasteiger partial charge < -0.3 is 15.8 Å². The minimum Gasteiger partial charge on any atom is -0.494 e. The third-order valence-electron chi connectivity index (χ3n) is 2.45. The van der Waals surface area contributed by atoms with Crippen LogP contribution in [-0.2, 0) is 0 Å². The number of nitrogens with one attached hydrogen (secondary N) is 1. The smallest absolute Gasteiger partial charge is 0.167 e. The van der Waals surface area contributed by atoms with Crippen LogP contribution in [0.15, 0.2) is 12.1 Å². The standard InChI is InChI=1S/C12H19FN2O/c1-4-5-8(2)15-11-7-12(16-3)9(13)6-10(11)14/h6-8,15H,4-5,14H2,1-3H3. The molecule has 0 heterocycles. The SMILES string of the molecule is CCCC(C)Nc1cc(OC)c(F)cc1N. The number of halogens is 1. The van der Waals surface area contributed by atoms with Gasteiger partial charge in [0.15, 0.2) is 11.6 Å². The highest BCUT2D eigenvalue weighted by Crippen LogP contribution is 2.28. The first kappa shape index (κ1) is 12.6. The van der Waals surface area contributed by atoms with Crippen LogP contribution in [0.4, 0.5) is 15.8 Å². The van der Waals surface area contributed by atoms with Crippen LogP contribution in [-0.4, -0.2) is 13.2 Å². The molecule has 3 N–H and O–H groups in total. The van der Waals surface area contributed by atoms with Gasteiger partial charge >= 0.3 is 0 Å². The molecule has 0 aliphatic carbocycles. The van der Waals surface area contributed by atoms with E-state index in [9.17, 15) is 4.39 Å². The Labute approximate surface area is 95.8 Å². The van der Waals surface area contributed by atoms with Crippen LogP contribution in [0.5, 0.6) is 5.75 Å². The maximum atomic E-state index is 13.3. The van der Waals surface area contributed by atoms with Gasteiger partial charge in [0, 0.05) is 18.2 Å². The lowest BCUT2D eigenvalue weighted by Crippen LogP contribution is -2.15. The van der Waals surface area contributed by atoms with Gasteiger partial charge in [-0.15, -0.1) is 0 Å². The topological polar surface area (TPSA) is 47.3 Å². The van der Waals surface area contributed by atoms with E-state index in [1.807, 2.05) is 0 Å². The van der Waals surface area contributed by atoms with Crippen molar-refractivity contribution in [3.05, 3.63) is 17.9 Å². The van der Waals surface area contributed by atoms with Gasteiger partial charge in [-0.1, -0.05) is 13.3 Å². The summed E-state index contributed by atoms with van der Waals surface area (Å²) in [5.74, 6) is -0.228. The maximum absolute atomic E-state index is 13.3. The summed E-state index contributed by atoms with van der Waals surface area (Å²) in [4.78, 5) is 0. The molecular formula is C12H19FN2O. The van der Waals surface area contributed by atoms with E-state index < -0.39 is 5.82 Å². The number of ether oxygens (including phenoxy) is 1. The molecule has 3 nitrogen and oxygen atoms in total. The van der Waals surface area contributed by atoms with Gasteiger partial charge in [-0.2, -0.15) is 0 Å². The number of anilines is 2. The van der Waals surface area contributed by atoms with E-state index in [2.05, 4.69) is 19.2 Å². The lowest BCUT2D eigenvalue weighted by molar-refractivity contribution is 0.387. The van der Waals surface area contributed by atoms with Gasteiger partial charge in [-0.3, -0.25) is 0 Å². The first-order valence-electron chi connectivity index (χ1n) is 5.48. The zero-order valence-electron chi connectivity index (χ0n) is 10.0. The summed E-state index contributed by atoms with van der Waals surface area (Å²) in [6.07, 6.45) is 2.13. The third kappa shape index (κ3) is 3.02. The zero-order valence-corrected chi connectivity index (χ0v) is 10.0. The molecule has 1 aromatic rings. The molecule has 0 bridgehead atoms. The fourth-order valence-corrected chi connectivity index (χ4v) is 1.62. The largest absolute Gasteiger partial charge is 0.494 e. The van der Waals surface area contributed by atoms with E-state index in [1.165, 1.54) is 13.2 Å². The lowest BCUT2D eigenvalue weighted by atomic mass is 10.1. The molecular weight excluding hydrogens is 207 g/mol. The minimum atomic E-state index is -0.436. The Morgan fingerprint density at radius 2 is 2.19 bits per heavy atom. The summed E-state index contributed by atoms with van der Waals surface area (Å²) >= 11 is 0. The Morgan fingerprint density at radius 3 is 2.75 bits per heavy atom. The second-order valence-corrected chi connectivity index (χ2v) is 3.91. The molecule has 90 valence electrons. The van der Waals surface area contributed by atoms with E-state index in [0.717, 1.165) is 18.5 Å². The van der Waals surface area contributed by atoms with Crippen molar-refractivity contribution in [2.75, 3.05) is 18.2 Å². The van der Waals surface area contributed by atoms with Gasteiger partial charge in [0.25, 0.3) is 0 Å². The number of hydrogen-bond donors (Lipinski definition) is 2. The second kappa shape index (κ2) is 5.58. The molecule has 0 fully saturated rings. The number of methoxy groups -OCH3 is 1. The zero-order chi connectivity index (χ0) is 12.1. The molecule has 0 radical (unpaired) electrons. The molecule has 0 saturated heterocycles. The van der Waals surface area contributed by atoms with Crippen molar-refractivity contribution < 1.29 is 9.13 Å². The summed E-state index contributed by atoms with van der Waals surface area (Å²) in [7, 11) is 1.44. The molecule has 1 unspecified atom stereocenters. The quantitative estimate of drug-likeness (QED) is 0.759. The van der Waals surface area contributed by atoms with Crippen LogP contribution < -0.4 is 15.8 Å². The fraction of sp³-hybridized carbons (Fsp3) is 0.500. The van der Waals surface area contributed by atoms with Crippen LogP contribution in [0.1, 0.15) is 26.7 Å². The van der Waals surface area contributed by atoms with Gasteiger partial charge in [-0.25, -0.2) is 4.39 Å². The highest BCUT2D eigenvalue weighted by atomic mass is 19.1. The first-order valence-corrected chi connectivity index (χ1v) is 5.48. The first-order chi connectivity index (χ1) is 7.58. The molecule has 0 aliphatic heterocycles. The number of hydrogen-bond acceptors (Lipinski definition) is 3. The molecule has 1 rings (SSSR count). The Hall–Kier alpha value is -1.45. The van der Waals surface area contributed by atoms with Crippen molar-refractivity contribution in [3.8, 4) is 5.75 Å². The highest BCUT2D eigenvalue weighted by molar-refractivity contribution is 5.68. The summed E-state index contributed by atoms with van der Waals surface area (Å²) in [5, 5.41) is 3.24. The minimum absolute atomic E-state index is 0.209. The number of nitrogen functional groups attached to an aromatic ring is 1. The van der Waals surface area contributed by atoms with E-state index in [1.54, 1.807) is 6.07 Å². The third-order valence-corrected chi connectivity index (χ3v) is 2.45. The van der Waals surface area contributed by atoms with E-state index >= 15 is 0 Å². The monoisotopic (exact) mass is 226 g/mol. The van der Waals surface area contributed by atoms with Crippen molar-refractivity contribution in [3.63, 3.8) is 0 Å². The number of rotatable bonds is 5. The molecule has 0 saturated carbocycles. The Morgan fingerprint density at radius 1 is 1.50 bits per heavy atom. The van der Waals surface area contributed by atoms with Crippen LogP contribution in [0.3, 0.4) is 0 Å². The fourth-order valence-electron chi connectivity index (χ4n) is 1.62. The van der Waals surface area contributed by atoms with Crippen molar-refractivity contribution in [1.29, 1.82) is 0 Å². The summed E-state index contributed by atoms with van der Waals surface area (Å²) < 4.78 is 18.2. The molecule has 0 aliphatic rings. The van der Waals surface area contributed by atoms with Gasteiger partial charge in [0.2, 0.25) is 0 Å². The molecule has 16 heavy (non-hydrogen) atoms. The Bertz CT molecular complexity index is 355. The molecule has 0 amide bonds. The van der Waals surface area contributed by atoms with Crippen molar-refractivity contribution in [1.82, 2.24) is 0 Å². The molecule has 0 spiro atoms. The summed E-state index contributed by atoms with van der Waals surface area (Å²) in [6, 6.07) is 3.18. The van der Waals surface area contributed by atoms with Crippen molar-refractivity contribution >= 4 is 11.4 Å². The predicted octanol–water partition coefficient (Wildman–Crippen LogP) is 3.02. The average molecular weight is 226 g/mol. The van der Waals surface area contributed by atoms with Crippen LogP contribution in [0.25, 0.3) is 0 Å². The summed E-state index contributed by atoms with van der Waals surface area (Å²) in [6.45, 7) is 4.19. The maximum Gasteiger partial charge on any atom is 0.167 e. The molecule has 1 atom stereocenters.